The molecule has 0 amide bonds. The van der Waals surface area contributed by atoms with Crippen molar-refractivity contribution in [2.75, 3.05) is 0 Å². The second kappa shape index (κ2) is 11.7. The van der Waals surface area contributed by atoms with Crippen molar-refractivity contribution in [2.24, 2.45) is 0 Å². The van der Waals surface area contributed by atoms with Gasteiger partial charge in [-0.15, -0.1) is 0 Å². The van der Waals surface area contributed by atoms with Crippen LogP contribution >= 0.6 is 23.5 Å². The van der Waals surface area contributed by atoms with Gasteiger partial charge in [-0.2, -0.15) is 0 Å². The van der Waals surface area contributed by atoms with Crippen molar-refractivity contribution >= 4 is 51.5 Å². The second-order valence-electron chi connectivity index (χ2n) is 8.56. The van der Waals surface area contributed by atoms with Crippen LogP contribution in [0.5, 0.6) is 23.0 Å². The molecular weight excluding hydrogens is 583 g/mol. The third-order valence-corrected chi connectivity index (χ3v) is 7.64. The summed E-state index contributed by atoms with van der Waals surface area (Å²) < 4.78 is 38.8. The van der Waals surface area contributed by atoms with Gasteiger partial charge in [-0.3, -0.25) is 0 Å². The summed E-state index contributed by atoms with van der Waals surface area (Å²) in [5.41, 5.74) is 0.272. The molecule has 0 aromatic heterocycles. The Kier molecular flexibility index (Phi) is 8.38. The number of hydrogen-bond donors (Lipinski definition) is 0. The third-order valence-electron chi connectivity index (χ3n) is 5.32. The fraction of sp³-hybridized carbons (Fsp3) is 0.0667. The van der Waals surface area contributed by atoms with Crippen molar-refractivity contribution in [2.45, 2.75) is 13.8 Å². The normalized spacial score (nSPS) is 10.9. The van der Waals surface area contributed by atoms with Crippen molar-refractivity contribution in [3.05, 3.63) is 114 Å². The zero-order valence-corrected chi connectivity index (χ0v) is 23.7. The first kappa shape index (κ1) is 27.9. The molecule has 0 spiro atoms. The molecule has 0 heterocycles. The van der Waals surface area contributed by atoms with Gasteiger partial charge in [0, 0.05) is 32.5 Å². The Morgan fingerprint density at radius 1 is 0.718 bits per heavy atom. The number of ether oxygens (including phenoxy) is 2. The van der Waals surface area contributed by atoms with Crippen LogP contribution in [-0.4, -0.2) is 11.9 Å². The predicted octanol–water partition coefficient (Wildman–Crippen LogP) is 7.54. The summed E-state index contributed by atoms with van der Waals surface area (Å²) in [4.78, 5) is 25.3. The van der Waals surface area contributed by atoms with Crippen LogP contribution in [0, 0.1) is 0 Å². The Morgan fingerprint density at radius 2 is 1.23 bits per heavy atom. The number of para-hydroxylation sites is 2. The van der Waals surface area contributed by atoms with Gasteiger partial charge in [0.2, 0.25) is 0 Å². The maximum Gasteiger partial charge on any atom is 0.466 e. The SMILES string of the molecule is C=C(C)C(=O)Oc1cc(P(=O)(Oc2ccccc2)Oc2ccccc2)c(OC(=O)C(=C)C)c2ccc(Br)cc12. The van der Waals surface area contributed by atoms with Gasteiger partial charge in [0.25, 0.3) is 0 Å². The smallest absolute Gasteiger partial charge is 0.422 e. The maximum absolute atomic E-state index is 14.8. The lowest BCUT2D eigenvalue weighted by Crippen LogP contribution is -2.22. The Morgan fingerprint density at radius 3 is 1.74 bits per heavy atom. The number of carbonyl (C=O) groups excluding carboxylic acids is 2. The monoisotopic (exact) mass is 606 g/mol. The summed E-state index contributed by atoms with van der Waals surface area (Å²) in [5.74, 6) is -1.01. The molecule has 0 atom stereocenters. The molecule has 0 aliphatic carbocycles. The van der Waals surface area contributed by atoms with E-state index in [4.69, 9.17) is 18.5 Å². The number of carbonyl (C=O) groups is 2. The number of rotatable bonds is 9. The number of hydrogen-bond acceptors (Lipinski definition) is 7. The molecule has 0 fully saturated rings. The minimum atomic E-state index is -4.38. The van der Waals surface area contributed by atoms with E-state index in [1.807, 2.05) is 0 Å². The van der Waals surface area contributed by atoms with Crippen molar-refractivity contribution in [1.29, 1.82) is 0 Å². The molecule has 0 aliphatic heterocycles. The zero-order valence-electron chi connectivity index (χ0n) is 21.2. The molecule has 198 valence electrons. The summed E-state index contributed by atoms with van der Waals surface area (Å²) in [7, 11) is -4.38. The van der Waals surface area contributed by atoms with Gasteiger partial charge in [0.15, 0.2) is 5.75 Å². The van der Waals surface area contributed by atoms with E-state index in [2.05, 4.69) is 29.1 Å². The topological polar surface area (TPSA) is 88.1 Å². The van der Waals surface area contributed by atoms with Crippen LogP contribution in [0.15, 0.2) is 114 Å². The average molecular weight is 607 g/mol. The molecule has 9 heteroatoms. The summed E-state index contributed by atoms with van der Waals surface area (Å²) in [5, 5.41) is 0.589. The van der Waals surface area contributed by atoms with Crippen LogP contribution in [0.25, 0.3) is 10.8 Å². The van der Waals surface area contributed by atoms with E-state index in [0.29, 0.717) is 15.2 Å². The molecule has 4 rings (SSSR count). The Bertz CT molecular complexity index is 1590. The molecule has 7 nitrogen and oxygen atoms in total. The van der Waals surface area contributed by atoms with Crippen LogP contribution in [0.1, 0.15) is 13.8 Å². The molecule has 0 radical (unpaired) electrons. The standard InChI is InChI=1S/C30H24BrO7P/c1-19(2)29(32)35-26-18-27(28(36-30(33)20(3)4)24-16-15-21(31)17-25(24)26)39(34,37-22-11-7-5-8-12-22)38-23-13-9-6-10-14-23/h5-18H,1,3H2,2,4H3. The minimum Gasteiger partial charge on any atom is -0.422 e. The third kappa shape index (κ3) is 6.48. The molecule has 0 aliphatic rings. The highest BCUT2D eigenvalue weighted by atomic mass is 79.9. The average Bonchev–Trinajstić information content (AvgIpc) is 2.90. The lowest BCUT2D eigenvalue weighted by molar-refractivity contribution is -0.131. The molecule has 0 bridgehead atoms. The van der Waals surface area contributed by atoms with E-state index in [9.17, 15) is 14.2 Å². The summed E-state index contributed by atoms with van der Waals surface area (Å²) in [6.07, 6.45) is 0. The van der Waals surface area contributed by atoms with Crippen molar-refractivity contribution in [3.63, 3.8) is 0 Å². The minimum absolute atomic E-state index is 0.0398. The number of halogens is 1. The molecule has 0 saturated heterocycles. The van der Waals surface area contributed by atoms with Gasteiger partial charge in [-0.05, 0) is 56.3 Å². The van der Waals surface area contributed by atoms with Gasteiger partial charge >= 0.3 is 19.5 Å². The summed E-state index contributed by atoms with van der Waals surface area (Å²) in [6, 6.07) is 23.2. The summed E-state index contributed by atoms with van der Waals surface area (Å²) >= 11 is 3.42. The van der Waals surface area contributed by atoms with Gasteiger partial charge in [-0.1, -0.05) is 65.5 Å². The first-order chi connectivity index (χ1) is 18.6. The van der Waals surface area contributed by atoms with Crippen molar-refractivity contribution < 1.29 is 32.7 Å². The van der Waals surface area contributed by atoms with Crippen molar-refractivity contribution in [1.82, 2.24) is 0 Å². The quantitative estimate of drug-likeness (QED) is 0.0841. The van der Waals surface area contributed by atoms with Crippen LogP contribution in [0.4, 0.5) is 0 Å². The fourth-order valence-electron chi connectivity index (χ4n) is 3.44. The predicted molar refractivity (Wildman–Crippen MR) is 154 cm³/mol. The van der Waals surface area contributed by atoms with Gasteiger partial charge in [-0.25, -0.2) is 14.2 Å². The Labute approximate surface area is 234 Å². The zero-order chi connectivity index (χ0) is 28.2. The molecule has 39 heavy (non-hydrogen) atoms. The van der Waals surface area contributed by atoms with Crippen LogP contribution < -0.4 is 23.8 Å². The first-order valence-corrected chi connectivity index (χ1v) is 14.0. The second-order valence-corrected chi connectivity index (χ2v) is 11.3. The van der Waals surface area contributed by atoms with Crippen LogP contribution in [0.2, 0.25) is 0 Å². The lowest BCUT2D eigenvalue weighted by Gasteiger charge is -2.24. The van der Waals surface area contributed by atoms with Crippen LogP contribution in [-0.2, 0) is 14.2 Å². The number of esters is 2. The lowest BCUT2D eigenvalue weighted by atomic mass is 10.1. The highest BCUT2D eigenvalue weighted by molar-refractivity contribution is 9.10. The van der Waals surface area contributed by atoms with E-state index >= 15 is 0 Å². The highest BCUT2D eigenvalue weighted by Crippen LogP contribution is 2.52. The van der Waals surface area contributed by atoms with E-state index in [-0.39, 0.29) is 39.4 Å². The number of fused-ring (bicyclic) bond motifs is 1. The molecule has 4 aromatic rings. The molecular formula is C30H24BrO7P. The number of benzene rings is 4. The van der Waals surface area contributed by atoms with E-state index in [1.54, 1.807) is 78.9 Å². The van der Waals surface area contributed by atoms with Gasteiger partial charge in [0.05, 0.1) is 0 Å². The molecule has 0 unspecified atom stereocenters. The van der Waals surface area contributed by atoms with Gasteiger partial charge in [0.1, 0.15) is 22.6 Å². The van der Waals surface area contributed by atoms with E-state index < -0.39 is 19.5 Å². The maximum atomic E-state index is 14.8. The van der Waals surface area contributed by atoms with E-state index in [1.165, 1.54) is 19.9 Å². The molecule has 4 aromatic carbocycles. The first-order valence-electron chi connectivity index (χ1n) is 11.7. The largest absolute Gasteiger partial charge is 0.466 e. The Hall–Kier alpha value is -4.13. The molecule has 0 N–H and O–H groups in total. The Balaban J connectivity index is 2.04. The van der Waals surface area contributed by atoms with Crippen molar-refractivity contribution in [3.8, 4) is 23.0 Å². The molecule has 0 saturated carbocycles. The highest BCUT2D eigenvalue weighted by Gasteiger charge is 2.38. The fourth-order valence-corrected chi connectivity index (χ4v) is 5.53. The van der Waals surface area contributed by atoms with Crippen LogP contribution in [0.3, 0.4) is 0 Å². The van der Waals surface area contributed by atoms with E-state index in [0.717, 1.165) is 0 Å². The van der Waals surface area contributed by atoms with Gasteiger partial charge < -0.3 is 18.5 Å². The summed E-state index contributed by atoms with van der Waals surface area (Å²) in [6.45, 7) is 10.3.